The summed E-state index contributed by atoms with van der Waals surface area (Å²) in [4.78, 5) is 31.2. The molecule has 3 aromatic carbocycles. The Morgan fingerprint density at radius 1 is 0.976 bits per heavy atom. The predicted molar refractivity (Wildman–Crippen MR) is 159 cm³/mol. The molecule has 0 bridgehead atoms. The van der Waals surface area contributed by atoms with Crippen molar-refractivity contribution in [1.82, 2.24) is 14.3 Å². The third kappa shape index (κ3) is 5.34. The Morgan fingerprint density at radius 3 is 2.36 bits per heavy atom. The Hall–Kier alpha value is -5.38. The van der Waals surface area contributed by atoms with E-state index >= 15 is 4.39 Å². The molecule has 0 spiro atoms. The number of carbonyl (C=O) groups excluding carboxylic acids is 1. The average molecular weight is 569 g/mol. The van der Waals surface area contributed by atoms with Gasteiger partial charge in [0.15, 0.2) is 23.1 Å². The lowest BCUT2D eigenvalue weighted by Gasteiger charge is -2.13. The molecule has 1 amide bonds. The summed E-state index contributed by atoms with van der Waals surface area (Å²) < 4.78 is 35.0. The summed E-state index contributed by atoms with van der Waals surface area (Å²) in [7, 11) is 3.04. The van der Waals surface area contributed by atoms with Crippen LogP contribution in [0.2, 0.25) is 0 Å². The highest BCUT2D eigenvalue weighted by molar-refractivity contribution is 6.05. The number of anilines is 1. The fourth-order valence-electron chi connectivity index (χ4n) is 4.69. The number of carbonyl (C=O) groups is 1. The molecule has 42 heavy (non-hydrogen) atoms. The zero-order valence-electron chi connectivity index (χ0n) is 23.6. The first-order valence-corrected chi connectivity index (χ1v) is 13.0. The van der Waals surface area contributed by atoms with E-state index in [9.17, 15) is 9.59 Å². The number of methoxy groups -OCH3 is 2. The highest BCUT2D eigenvalue weighted by Gasteiger charge is 2.24. The first kappa shape index (κ1) is 28.2. The van der Waals surface area contributed by atoms with Crippen LogP contribution in [0.1, 0.15) is 23.0 Å². The number of rotatable bonds is 9. The van der Waals surface area contributed by atoms with E-state index in [1.165, 1.54) is 31.0 Å². The van der Waals surface area contributed by atoms with E-state index in [2.05, 4.69) is 16.9 Å². The molecule has 0 atom stereocenters. The molecule has 214 valence electrons. The van der Waals surface area contributed by atoms with Crippen LogP contribution in [0, 0.1) is 12.7 Å². The first-order chi connectivity index (χ1) is 20.2. The molecule has 5 aromatic rings. The van der Waals surface area contributed by atoms with Gasteiger partial charge in [-0.2, -0.15) is 0 Å². The highest BCUT2D eigenvalue weighted by Crippen LogP contribution is 2.37. The van der Waals surface area contributed by atoms with Crippen LogP contribution in [0.5, 0.6) is 23.0 Å². The molecule has 0 aliphatic carbocycles. The molecule has 5 rings (SSSR count). The van der Waals surface area contributed by atoms with Gasteiger partial charge in [0.05, 0.1) is 37.7 Å². The molecule has 9 nitrogen and oxygen atoms in total. The molecule has 1 N–H and O–H groups in total. The van der Waals surface area contributed by atoms with E-state index in [1.54, 1.807) is 48.1 Å². The van der Waals surface area contributed by atoms with Gasteiger partial charge >= 0.3 is 0 Å². The molecule has 0 saturated heterocycles. The molecule has 0 unspecified atom stereocenters. The molecule has 0 fully saturated rings. The second-order valence-corrected chi connectivity index (χ2v) is 9.66. The van der Waals surface area contributed by atoms with Crippen LogP contribution in [0.3, 0.4) is 0 Å². The van der Waals surface area contributed by atoms with Crippen LogP contribution in [0.15, 0.2) is 89.9 Å². The summed E-state index contributed by atoms with van der Waals surface area (Å²) in [6.45, 7) is 7.83. The Morgan fingerprint density at radius 2 is 1.69 bits per heavy atom. The maximum atomic E-state index is 15.2. The lowest BCUT2D eigenvalue weighted by atomic mass is 10.1. The van der Waals surface area contributed by atoms with Gasteiger partial charge in [-0.05, 0) is 50.2 Å². The van der Waals surface area contributed by atoms with Crippen LogP contribution >= 0.6 is 0 Å². The van der Waals surface area contributed by atoms with Crippen molar-refractivity contribution in [3.8, 4) is 28.7 Å². The number of halogens is 1. The summed E-state index contributed by atoms with van der Waals surface area (Å²) >= 11 is 0. The minimum absolute atomic E-state index is 0.0477. The van der Waals surface area contributed by atoms with Gasteiger partial charge < -0.3 is 19.5 Å². The van der Waals surface area contributed by atoms with Crippen molar-refractivity contribution in [2.24, 2.45) is 0 Å². The smallest absolute Gasteiger partial charge is 0.284 e. The number of amides is 1. The Kier molecular flexibility index (Phi) is 7.79. The number of fused-ring (bicyclic) bond motifs is 1. The third-order valence-corrected chi connectivity index (χ3v) is 6.66. The topological polar surface area (TPSA) is 96.6 Å². The normalized spacial score (nSPS) is 10.9. The molecule has 10 heteroatoms. The zero-order chi connectivity index (χ0) is 30.0. The van der Waals surface area contributed by atoms with Gasteiger partial charge in [-0.1, -0.05) is 30.4 Å². The van der Waals surface area contributed by atoms with Crippen molar-refractivity contribution in [3.05, 3.63) is 113 Å². The van der Waals surface area contributed by atoms with Crippen LogP contribution in [0.4, 0.5) is 10.1 Å². The number of nitrogens with zero attached hydrogens (tertiary/aromatic N) is 3. The predicted octanol–water partition coefficient (Wildman–Crippen LogP) is 6.27. The highest BCUT2D eigenvalue weighted by atomic mass is 19.1. The van der Waals surface area contributed by atoms with Crippen LogP contribution in [-0.2, 0) is 6.54 Å². The number of benzene rings is 3. The first-order valence-electron chi connectivity index (χ1n) is 13.0. The second-order valence-electron chi connectivity index (χ2n) is 9.66. The Balaban J connectivity index is 1.43. The number of nitrogens with one attached hydrogen (secondary N) is 1. The van der Waals surface area contributed by atoms with E-state index < -0.39 is 17.3 Å². The van der Waals surface area contributed by atoms with E-state index in [4.69, 9.17) is 14.2 Å². The lowest BCUT2D eigenvalue weighted by molar-refractivity contribution is 0.102. The quantitative estimate of drug-likeness (QED) is 0.211. The van der Waals surface area contributed by atoms with Crippen molar-refractivity contribution in [2.45, 2.75) is 20.4 Å². The van der Waals surface area contributed by atoms with Gasteiger partial charge in [-0.25, -0.2) is 9.07 Å². The number of hydrogen-bond donors (Lipinski definition) is 1. The van der Waals surface area contributed by atoms with E-state index in [0.29, 0.717) is 46.1 Å². The average Bonchev–Trinajstić information content (AvgIpc) is 3.22. The van der Waals surface area contributed by atoms with Gasteiger partial charge in [-0.3, -0.25) is 19.3 Å². The maximum Gasteiger partial charge on any atom is 0.284 e. The molecular weight excluding hydrogens is 539 g/mol. The van der Waals surface area contributed by atoms with Crippen LogP contribution < -0.4 is 25.1 Å². The van der Waals surface area contributed by atoms with Gasteiger partial charge in [0.25, 0.3) is 11.5 Å². The Labute approximate surface area is 241 Å². The summed E-state index contributed by atoms with van der Waals surface area (Å²) in [5.41, 5.74) is 2.07. The fourth-order valence-corrected chi connectivity index (χ4v) is 4.69. The number of aromatic nitrogens is 3. The van der Waals surface area contributed by atoms with Crippen LogP contribution in [-0.4, -0.2) is 34.5 Å². The zero-order valence-corrected chi connectivity index (χ0v) is 23.6. The SMILES string of the molecule is C=C(C)Cn1c(C)c(C(=O)Nc2ccc(Oc3ccnc4cc(OC)c(OC)cc34)c(F)c2)c(=O)n1-c1ccccc1. The van der Waals surface area contributed by atoms with Crippen molar-refractivity contribution in [3.63, 3.8) is 0 Å². The van der Waals surface area contributed by atoms with Crippen molar-refractivity contribution in [2.75, 3.05) is 19.5 Å². The van der Waals surface area contributed by atoms with Gasteiger partial charge in [-0.15, -0.1) is 0 Å². The minimum atomic E-state index is -0.712. The number of ether oxygens (including phenoxy) is 3. The summed E-state index contributed by atoms with van der Waals surface area (Å²) in [6, 6.07) is 18.1. The number of hydrogen-bond acceptors (Lipinski definition) is 6. The standard InChI is InChI=1S/C32H29FN4O5/c1-19(2)18-36-20(3)30(32(39)37(36)22-9-7-6-8-10-22)31(38)35-21-11-12-27(24(33)15-21)42-26-13-14-34-25-17-29(41-5)28(40-4)16-23(25)26/h6-17H,1,18H2,2-5H3,(H,35,38). The van der Waals surface area contributed by atoms with Gasteiger partial charge in [0.2, 0.25) is 0 Å². The molecule has 0 aliphatic heterocycles. The number of pyridine rings is 1. The van der Waals surface area contributed by atoms with Gasteiger partial charge in [0.1, 0.15) is 11.3 Å². The third-order valence-electron chi connectivity index (χ3n) is 6.66. The minimum Gasteiger partial charge on any atom is -0.493 e. The Bertz CT molecular complexity index is 1880. The van der Waals surface area contributed by atoms with E-state index in [-0.39, 0.29) is 17.0 Å². The largest absolute Gasteiger partial charge is 0.493 e. The van der Waals surface area contributed by atoms with Crippen molar-refractivity contribution >= 4 is 22.5 Å². The molecular formula is C32H29FN4O5. The monoisotopic (exact) mass is 568 g/mol. The summed E-state index contributed by atoms with van der Waals surface area (Å²) in [5.74, 6) is -0.103. The molecule has 0 radical (unpaired) electrons. The van der Waals surface area contributed by atoms with Crippen molar-refractivity contribution in [1.29, 1.82) is 0 Å². The van der Waals surface area contributed by atoms with Crippen molar-refractivity contribution < 1.29 is 23.4 Å². The molecule has 0 saturated carbocycles. The summed E-state index contributed by atoms with van der Waals surface area (Å²) in [5, 5.41) is 3.24. The van der Waals surface area contributed by atoms with E-state index in [1.807, 2.05) is 25.1 Å². The molecule has 2 aromatic heterocycles. The maximum absolute atomic E-state index is 15.2. The van der Waals surface area contributed by atoms with Crippen LogP contribution in [0.25, 0.3) is 16.6 Å². The fraction of sp³-hybridized carbons (Fsp3) is 0.156. The molecule has 2 heterocycles. The summed E-state index contributed by atoms with van der Waals surface area (Å²) in [6.07, 6.45) is 1.54. The van der Waals surface area contributed by atoms with E-state index in [0.717, 1.165) is 11.6 Å². The lowest BCUT2D eigenvalue weighted by Crippen LogP contribution is -2.26. The second kappa shape index (κ2) is 11.6. The number of para-hydroxylation sites is 1. The molecule has 0 aliphatic rings. The number of allylic oxidation sites excluding steroid dienone is 1. The van der Waals surface area contributed by atoms with Gasteiger partial charge in [0, 0.05) is 29.4 Å².